The zero-order valence-corrected chi connectivity index (χ0v) is 48.3. The fraction of sp³-hybridized carbons (Fsp3) is 0.609. The second kappa shape index (κ2) is 61.8. The van der Waals surface area contributed by atoms with Crippen LogP contribution in [0.5, 0.6) is 0 Å². The first-order chi connectivity index (χ1) is 37.0. The Kier molecular flexibility index (Phi) is 58.0. The van der Waals surface area contributed by atoms with Gasteiger partial charge in [0.15, 0.2) is 6.10 Å². The van der Waals surface area contributed by atoms with Crippen molar-refractivity contribution in [1.29, 1.82) is 0 Å². The molecule has 1 atom stereocenters. The molecule has 0 bridgehead atoms. The van der Waals surface area contributed by atoms with Crippen LogP contribution in [-0.2, 0) is 28.6 Å². The molecule has 1 unspecified atom stereocenters. The molecule has 0 aliphatic heterocycles. The molecule has 0 aromatic carbocycles. The van der Waals surface area contributed by atoms with Gasteiger partial charge in [-0.3, -0.25) is 14.4 Å². The maximum absolute atomic E-state index is 12.9. The van der Waals surface area contributed by atoms with E-state index in [-0.39, 0.29) is 31.1 Å². The molecule has 75 heavy (non-hydrogen) atoms. The lowest BCUT2D eigenvalue weighted by Crippen LogP contribution is -2.30. The van der Waals surface area contributed by atoms with Gasteiger partial charge < -0.3 is 14.2 Å². The predicted molar refractivity (Wildman–Crippen MR) is 325 cm³/mol. The van der Waals surface area contributed by atoms with Gasteiger partial charge in [-0.25, -0.2) is 0 Å². The molecule has 422 valence electrons. The van der Waals surface area contributed by atoms with E-state index in [0.29, 0.717) is 25.7 Å². The van der Waals surface area contributed by atoms with Gasteiger partial charge in [0.25, 0.3) is 0 Å². The van der Waals surface area contributed by atoms with E-state index in [0.717, 1.165) is 141 Å². The van der Waals surface area contributed by atoms with E-state index in [4.69, 9.17) is 14.2 Å². The molecule has 0 N–H and O–H groups in total. The first-order valence-electron chi connectivity index (χ1n) is 30.3. The largest absolute Gasteiger partial charge is 0.462 e. The van der Waals surface area contributed by atoms with Crippen molar-refractivity contribution in [2.75, 3.05) is 13.2 Å². The number of ether oxygens (including phenoxy) is 3. The highest BCUT2D eigenvalue weighted by Crippen LogP contribution is 2.14. The summed E-state index contributed by atoms with van der Waals surface area (Å²) in [5, 5.41) is 0. The maximum atomic E-state index is 12.9. The Morgan fingerprint density at radius 2 is 0.520 bits per heavy atom. The molecule has 0 aliphatic carbocycles. The second-order valence-corrected chi connectivity index (χ2v) is 19.5. The van der Waals surface area contributed by atoms with Gasteiger partial charge >= 0.3 is 17.9 Å². The number of carbonyl (C=O) groups excluding carboxylic acids is 3. The van der Waals surface area contributed by atoms with Crippen molar-refractivity contribution in [3.63, 3.8) is 0 Å². The first-order valence-corrected chi connectivity index (χ1v) is 30.3. The molecule has 0 saturated carbocycles. The van der Waals surface area contributed by atoms with E-state index in [9.17, 15) is 14.4 Å². The number of carbonyl (C=O) groups is 3. The molecular weight excluding hydrogens is 925 g/mol. The van der Waals surface area contributed by atoms with Crippen molar-refractivity contribution in [2.45, 2.75) is 258 Å². The van der Waals surface area contributed by atoms with Crippen LogP contribution in [0, 0.1) is 0 Å². The Hall–Kier alpha value is -4.71. The van der Waals surface area contributed by atoms with Crippen molar-refractivity contribution in [3.05, 3.63) is 146 Å². The summed E-state index contributed by atoms with van der Waals surface area (Å²) in [4.78, 5) is 38.2. The predicted octanol–water partition coefficient (Wildman–Crippen LogP) is 20.8. The highest BCUT2D eigenvalue weighted by molar-refractivity contribution is 5.71. The summed E-state index contributed by atoms with van der Waals surface area (Å²) in [5.41, 5.74) is 0. The molecule has 0 aliphatic rings. The Balaban J connectivity index is 4.44. The molecule has 6 heteroatoms. The van der Waals surface area contributed by atoms with Crippen molar-refractivity contribution < 1.29 is 28.6 Å². The zero-order chi connectivity index (χ0) is 54.3. The number of hydrogen-bond acceptors (Lipinski definition) is 6. The van der Waals surface area contributed by atoms with Crippen LogP contribution in [0.1, 0.15) is 252 Å². The average molecular weight is 1040 g/mol. The molecule has 6 nitrogen and oxygen atoms in total. The normalized spacial score (nSPS) is 13.2. The SMILES string of the molecule is CC/C=C\C/C=C\C/C=C\C/C=C\C/C=C\C/C=C\C/C=C\C/C=C\CCCCC(=O)OCC(COC(=O)CCCCCCCCCCCCC)OC(=O)CCCCCCCC/C=C\C/C=C\C/C=C\C/C=C\CC. The second-order valence-electron chi connectivity index (χ2n) is 19.5. The van der Waals surface area contributed by atoms with Crippen LogP contribution in [0.3, 0.4) is 0 Å². The third-order valence-electron chi connectivity index (χ3n) is 12.3. The Morgan fingerprint density at radius 1 is 0.280 bits per heavy atom. The molecule has 0 heterocycles. The summed E-state index contributed by atoms with van der Waals surface area (Å²) in [6, 6.07) is 0. The molecule has 0 spiro atoms. The third kappa shape index (κ3) is 60.0. The molecule has 0 aromatic heterocycles. The van der Waals surface area contributed by atoms with E-state index in [1.54, 1.807) is 0 Å². The highest BCUT2D eigenvalue weighted by atomic mass is 16.6. The van der Waals surface area contributed by atoms with E-state index < -0.39 is 6.10 Å². The minimum atomic E-state index is -0.809. The quantitative estimate of drug-likeness (QED) is 0.0261. The summed E-state index contributed by atoms with van der Waals surface area (Å²) >= 11 is 0. The molecule has 0 amide bonds. The lowest BCUT2D eigenvalue weighted by molar-refractivity contribution is -0.167. The molecule has 0 aromatic rings. The van der Waals surface area contributed by atoms with Gasteiger partial charge in [-0.1, -0.05) is 256 Å². The fourth-order valence-corrected chi connectivity index (χ4v) is 7.86. The summed E-state index contributed by atoms with van der Waals surface area (Å²) in [6.07, 6.45) is 88.4. The summed E-state index contributed by atoms with van der Waals surface area (Å²) in [6.45, 7) is 6.35. The van der Waals surface area contributed by atoms with E-state index >= 15 is 0 Å². The molecule has 0 rings (SSSR count). The molecule has 0 fully saturated rings. The van der Waals surface area contributed by atoms with Gasteiger partial charge in [0.2, 0.25) is 0 Å². The Bertz CT molecular complexity index is 1660. The monoisotopic (exact) mass is 1030 g/mol. The van der Waals surface area contributed by atoms with Crippen molar-refractivity contribution in [1.82, 2.24) is 0 Å². The van der Waals surface area contributed by atoms with Gasteiger partial charge in [0.05, 0.1) is 0 Å². The minimum absolute atomic E-state index is 0.101. The zero-order valence-electron chi connectivity index (χ0n) is 48.3. The van der Waals surface area contributed by atoms with Gasteiger partial charge in [0, 0.05) is 19.3 Å². The highest BCUT2D eigenvalue weighted by Gasteiger charge is 2.19. The van der Waals surface area contributed by atoms with Crippen molar-refractivity contribution in [2.24, 2.45) is 0 Å². The van der Waals surface area contributed by atoms with Crippen LogP contribution in [0.4, 0.5) is 0 Å². The maximum Gasteiger partial charge on any atom is 0.306 e. The standard InChI is InChI=1S/C69H110O6/c1-4-7-10-13-16-19-22-24-26-28-30-31-32-33-34-35-36-37-39-40-42-44-47-50-53-56-59-62-68(71)74-65-66(64-73-67(70)61-58-55-52-49-46-21-18-15-12-9-6-3)75-69(72)63-60-57-54-51-48-45-43-41-38-29-27-25-23-20-17-14-11-8-5-2/h7-8,10-11,16-17,19-20,24-27,30-31,33-34,36-38,40-42,47,50,66H,4-6,9,12-15,18,21-23,28-29,32,35,39,43-46,48-49,51-65H2,1-3H3/b10-7-,11-8-,19-16-,20-17-,26-24-,27-25-,31-30-,34-33-,37-36-,41-38-,42-40-,50-47-. The average Bonchev–Trinajstić information content (AvgIpc) is 3.41. The first kappa shape index (κ1) is 70.3. The van der Waals surface area contributed by atoms with Crippen LogP contribution >= 0.6 is 0 Å². The van der Waals surface area contributed by atoms with Gasteiger partial charge in [-0.15, -0.1) is 0 Å². The Morgan fingerprint density at radius 3 is 0.840 bits per heavy atom. The molecule has 0 saturated heterocycles. The van der Waals surface area contributed by atoms with Crippen LogP contribution in [0.25, 0.3) is 0 Å². The van der Waals surface area contributed by atoms with E-state index in [1.165, 1.54) is 64.2 Å². The van der Waals surface area contributed by atoms with Crippen molar-refractivity contribution in [3.8, 4) is 0 Å². The van der Waals surface area contributed by atoms with Crippen LogP contribution in [0.15, 0.2) is 146 Å². The summed E-state index contributed by atoms with van der Waals surface area (Å²) in [5.74, 6) is -0.965. The molecule has 0 radical (unpaired) electrons. The number of esters is 3. The van der Waals surface area contributed by atoms with Gasteiger partial charge in [-0.2, -0.15) is 0 Å². The lowest BCUT2D eigenvalue weighted by atomic mass is 10.1. The Labute approximate surface area is 461 Å². The van der Waals surface area contributed by atoms with Crippen LogP contribution in [0.2, 0.25) is 0 Å². The number of unbranched alkanes of at least 4 members (excludes halogenated alkanes) is 18. The van der Waals surface area contributed by atoms with Gasteiger partial charge in [-0.05, 0) is 122 Å². The van der Waals surface area contributed by atoms with Gasteiger partial charge in [0.1, 0.15) is 13.2 Å². The number of hydrogen-bond donors (Lipinski definition) is 0. The van der Waals surface area contributed by atoms with E-state index in [2.05, 4.69) is 167 Å². The topological polar surface area (TPSA) is 78.9 Å². The number of allylic oxidation sites excluding steroid dienone is 24. The third-order valence-corrected chi connectivity index (χ3v) is 12.3. The van der Waals surface area contributed by atoms with E-state index in [1.807, 2.05) is 0 Å². The molecular formula is C69H110O6. The minimum Gasteiger partial charge on any atom is -0.462 e. The fourth-order valence-electron chi connectivity index (χ4n) is 7.86. The smallest absolute Gasteiger partial charge is 0.306 e. The number of rotatable bonds is 53. The summed E-state index contributed by atoms with van der Waals surface area (Å²) in [7, 11) is 0. The van der Waals surface area contributed by atoms with Crippen molar-refractivity contribution >= 4 is 17.9 Å². The summed E-state index contributed by atoms with van der Waals surface area (Å²) < 4.78 is 16.8. The van der Waals surface area contributed by atoms with Crippen LogP contribution < -0.4 is 0 Å². The lowest BCUT2D eigenvalue weighted by Gasteiger charge is -2.18. The van der Waals surface area contributed by atoms with Crippen LogP contribution in [-0.4, -0.2) is 37.2 Å².